The molecule has 0 radical (unpaired) electrons. The van der Waals surface area contributed by atoms with E-state index >= 15 is 0 Å². The number of hydrogen-bond acceptors (Lipinski definition) is 4. The lowest BCUT2D eigenvalue weighted by Crippen LogP contribution is -2.06. The number of aromatic nitrogens is 5. The largest absolute Gasteiger partial charge is 0.252 e. The van der Waals surface area contributed by atoms with Gasteiger partial charge in [-0.05, 0) is 24.1 Å². The zero-order chi connectivity index (χ0) is 11.4. The number of rotatable bonds is 4. The van der Waals surface area contributed by atoms with Crippen molar-refractivity contribution in [3.8, 4) is 5.95 Å². The first-order chi connectivity index (χ1) is 7.81. The van der Waals surface area contributed by atoms with Gasteiger partial charge in [-0.3, -0.25) is 0 Å². The second-order valence-electron chi connectivity index (χ2n) is 3.36. The molecule has 0 atom stereocenters. The van der Waals surface area contributed by atoms with Crippen molar-refractivity contribution in [1.29, 1.82) is 0 Å². The average Bonchev–Trinajstić information content (AvgIpc) is 2.69. The van der Waals surface area contributed by atoms with Crippen LogP contribution in [0.15, 0.2) is 18.5 Å². The number of halogens is 1. The second-order valence-corrected chi connectivity index (χ2v) is 3.70. The molecule has 0 aliphatic carbocycles. The summed E-state index contributed by atoms with van der Waals surface area (Å²) in [7, 11) is 0. The highest BCUT2D eigenvalue weighted by atomic mass is 35.5. The minimum absolute atomic E-state index is 0.235. The highest BCUT2D eigenvalue weighted by molar-refractivity contribution is 6.28. The molecule has 0 spiro atoms. The lowest BCUT2D eigenvalue weighted by atomic mass is 10.2. The van der Waals surface area contributed by atoms with Crippen LogP contribution >= 0.6 is 11.6 Å². The lowest BCUT2D eigenvalue weighted by molar-refractivity contribution is 0.693. The van der Waals surface area contributed by atoms with E-state index in [0.717, 1.165) is 25.1 Å². The normalized spacial score (nSPS) is 10.6. The van der Waals surface area contributed by atoms with E-state index < -0.39 is 0 Å². The Bertz CT molecular complexity index is 453. The van der Waals surface area contributed by atoms with Gasteiger partial charge in [0.15, 0.2) is 0 Å². The van der Waals surface area contributed by atoms with Crippen LogP contribution in [0.4, 0.5) is 0 Å². The van der Waals surface area contributed by atoms with Crippen LogP contribution in [0.1, 0.15) is 25.6 Å². The molecule has 0 aliphatic rings. The summed E-state index contributed by atoms with van der Waals surface area (Å²) >= 11 is 5.80. The minimum atomic E-state index is 0.235. The van der Waals surface area contributed by atoms with Gasteiger partial charge in [-0.15, -0.1) is 5.10 Å². The number of unbranched alkanes of at least 4 members (excludes halogenated alkanes) is 1. The van der Waals surface area contributed by atoms with Gasteiger partial charge in [-0.2, -0.15) is 4.68 Å². The van der Waals surface area contributed by atoms with Crippen LogP contribution in [-0.2, 0) is 6.42 Å². The Morgan fingerprint density at radius 3 is 2.75 bits per heavy atom. The molecule has 84 valence electrons. The Kier molecular flexibility index (Phi) is 3.46. The van der Waals surface area contributed by atoms with E-state index in [1.165, 1.54) is 0 Å². The number of hydrogen-bond donors (Lipinski definition) is 0. The summed E-state index contributed by atoms with van der Waals surface area (Å²) < 4.78 is 1.60. The smallest absolute Gasteiger partial charge is 0.220 e. The predicted octanol–water partition coefficient (Wildman–Crippen LogP) is 2.05. The van der Waals surface area contributed by atoms with Gasteiger partial charge in [0.25, 0.3) is 5.95 Å². The SMILES string of the molecule is CCCCc1nc(Cl)nn1-c1ncccn1. The van der Waals surface area contributed by atoms with Crippen LogP contribution < -0.4 is 0 Å². The molecule has 0 aliphatic heterocycles. The maximum Gasteiger partial charge on any atom is 0.252 e. The Morgan fingerprint density at radius 1 is 1.31 bits per heavy atom. The molecule has 0 saturated carbocycles. The van der Waals surface area contributed by atoms with Crippen molar-refractivity contribution in [3.63, 3.8) is 0 Å². The summed E-state index contributed by atoms with van der Waals surface area (Å²) in [6.07, 6.45) is 6.31. The van der Waals surface area contributed by atoms with Crippen LogP contribution in [0.3, 0.4) is 0 Å². The summed E-state index contributed by atoms with van der Waals surface area (Å²) in [6, 6.07) is 1.76. The Labute approximate surface area is 98.5 Å². The highest BCUT2D eigenvalue weighted by Crippen LogP contribution is 2.10. The summed E-state index contributed by atoms with van der Waals surface area (Å²) in [5, 5.41) is 4.31. The van der Waals surface area contributed by atoms with Gasteiger partial charge in [0.1, 0.15) is 5.82 Å². The minimum Gasteiger partial charge on any atom is -0.220 e. The van der Waals surface area contributed by atoms with E-state index in [1.54, 1.807) is 23.1 Å². The summed E-state index contributed by atoms with van der Waals surface area (Å²) in [5.41, 5.74) is 0. The zero-order valence-electron chi connectivity index (χ0n) is 8.97. The quantitative estimate of drug-likeness (QED) is 0.817. The molecule has 2 rings (SSSR count). The van der Waals surface area contributed by atoms with Crippen molar-refractivity contribution < 1.29 is 0 Å². The van der Waals surface area contributed by atoms with Crippen molar-refractivity contribution in [2.24, 2.45) is 0 Å². The van der Waals surface area contributed by atoms with E-state index in [1.807, 2.05) is 0 Å². The van der Waals surface area contributed by atoms with Crippen LogP contribution in [0, 0.1) is 0 Å². The first kappa shape index (κ1) is 11.0. The molecule has 0 amide bonds. The van der Waals surface area contributed by atoms with E-state index in [0.29, 0.717) is 5.95 Å². The zero-order valence-corrected chi connectivity index (χ0v) is 9.72. The molecule has 0 saturated heterocycles. The maximum atomic E-state index is 5.80. The maximum absolute atomic E-state index is 5.80. The highest BCUT2D eigenvalue weighted by Gasteiger charge is 2.11. The van der Waals surface area contributed by atoms with Gasteiger partial charge in [0.05, 0.1) is 0 Å². The Hall–Kier alpha value is -1.49. The summed E-state index contributed by atoms with van der Waals surface area (Å²) in [5.74, 6) is 1.31. The standard InChI is InChI=1S/C10H12ClN5/c1-2-3-5-8-14-9(11)15-16(8)10-12-6-4-7-13-10/h4,6-7H,2-3,5H2,1H3. The molecule has 0 N–H and O–H groups in total. The van der Waals surface area contributed by atoms with Crippen molar-refractivity contribution in [2.75, 3.05) is 0 Å². The molecule has 5 nitrogen and oxygen atoms in total. The van der Waals surface area contributed by atoms with Crippen LogP contribution in [0.5, 0.6) is 0 Å². The fourth-order valence-corrected chi connectivity index (χ4v) is 1.55. The molecular formula is C10H12ClN5. The molecule has 0 aromatic carbocycles. The van der Waals surface area contributed by atoms with Crippen molar-refractivity contribution in [3.05, 3.63) is 29.6 Å². The van der Waals surface area contributed by atoms with Crippen LogP contribution in [0.25, 0.3) is 5.95 Å². The molecule has 2 heterocycles. The van der Waals surface area contributed by atoms with Crippen LogP contribution in [0.2, 0.25) is 5.28 Å². The molecular weight excluding hydrogens is 226 g/mol. The van der Waals surface area contributed by atoms with Gasteiger partial charge >= 0.3 is 0 Å². The number of aryl methyl sites for hydroxylation is 1. The molecule has 2 aromatic heterocycles. The fourth-order valence-electron chi connectivity index (χ4n) is 1.37. The van der Waals surface area contributed by atoms with E-state index in [4.69, 9.17) is 11.6 Å². The Balaban J connectivity index is 2.33. The molecule has 16 heavy (non-hydrogen) atoms. The monoisotopic (exact) mass is 237 g/mol. The van der Waals surface area contributed by atoms with Gasteiger partial charge in [0, 0.05) is 18.8 Å². The summed E-state index contributed by atoms with van der Waals surface area (Å²) in [4.78, 5) is 12.4. The Morgan fingerprint density at radius 2 is 2.06 bits per heavy atom. The topological polar surface area (TPSA) is 56.5 Å². The van der Waals surface area contributed by atoms with Gasteiger partial charge in [-0.25, -0.2) is 15.0 Å². The third kappa shape index (κ3) is 2.36. The summed E-state index contributed by atoms with van der Waals surface area (Å²) in [6.45, 7) is 2.13. The molecule has 2 aromatic rings. The van der Waals surface area contributed by atoms with E-state index in [-0.39, 0.29) is 5.28 Å². The first-order valence-electron chi connectivity index (χ1n) is 5.20. The number of nitrogens with zero attached hydrogens (tertiary/aromatic N) is 5. The first-order valence-corrected chi connectivity index (χ1v) is 5.58. The van der Waals surface area contributed by atoms with Crippen molar-refractivity contribution in [2.45, 2.75) is 26.2 Å². The van der Waals surface area contributed by atoms with E-state index in [2.05, 4.69) is 27.0 Å². The molecule has 0 fully saturated rings. The lowest BCUT2D eigenvalue weighted by Gasteiger charge is -2.01. The van der Waals surface area contributed by atoms with Gasteiger partial charge < -0.3 is 0 Å². The van der Waals surface area contributed by atoms with Crippen LogP contribution in [-0.4, -0.2) is 24.7 Å². The fraction of sp³-hybridized carbons (Fsp3) is 0.400. The molecule has 0 bridgehead atoms. The van der Waals surface area contributed by atoms with E-state index in [9.17, 15) is 0 Å². The third-order valence-electron chi connectivity index (χ3n) is 2.14. The molecule has 0 unspecified atom stereocenters. The second kappa shape index (κ2) is 5.03. The van der Waals surface area contributed by atoms with Crippen molar-refractivity contribution in [1.82, 2.24) is 24.7 Å². The van der Waals surface area contributed by atoms with Crippen molar-refractivity contribution >= 4 is 11.6 Å². The average molecular weight is 238 g/mol. The molecule has 6 heteroatoms. The van der Waals surface area contributed by atoms with Gasteiger partial charge in [-0.1, -0.05) is 13.3 Å². The van der Waals surface area contributed by atoms with Gasteiger partial charge in [0.2, 0.25) is 5.28 Å². The third-order valence-corrected chi connectivity index (χ3v) is 2.30. The predicted molar refractivity (Wildman–Crippen MR) is 60.6 cm³/mol.